The van der Waals surface area contributed by atoms with Crippen molar-refractivity contribution in [3.63, 3.8) is 0 Å². The molecule has 0 aliphatic heterocycles. The van der Waals surface area contributed by atoms with Crippen molar-refractivity contribution in [2.24, 2.45) is 12.1 Å². The molecule has 0 amide bonds. The molecule has 5 rings (SSSR count). The Bertz CT molecular complexity index is 1430. The Kier molecular flexibility index (Phi) is 5.14. The zero-order chi connectivity index (χ0) is 21.4. The van der Waals surface area contributed by atoms with Gasteiger partial charge in [0, 0.05) is 46.3 Å². The van der Waals surface area contributed by atoms with Crippen LogP contribution >= 0.6 is 23.2 Å². The van der Waals surface area contributed by atoms with Crippen LogP contribution in [0.5, 0.6) is 0 Å². The first-order valence-electron chi connectivity index (χ1n) is 9.82. The van der Waals surface area contributed by atoms with Crippen LogP contribution in [0.1, 0.15) is 11.1 Å². The summed E-state index contributed by atoms with van der Waals surface area (Å²) in [7, 11) is 1.97. The summed E-state index contributed by atoms with van der Waals surface area (Å²) < 4.78 is 4.15. The maximum absolute atomic E-state index is 6.39. The fourth-order valence-electron chi connectivity index (χ4n) is 3.75. The van der Waals surface area contributed by atoms with Crippen molar-refractivity contribution in [1.29, 1.82) is 0 Å². The minimum Gasteiger partial charge on any atom is -0.342 e. The van der Waals surface area contributed by atoms with Crippen molar-refractivity contribution in [1.82, 2.24) is 14.1 Å². The number of anilines is 1. The smallest absolute Gasteiger partial charge is 0.224 e. The lowest BCUT2D eigenvalue weighted by molar-refractivity contribution is 0.836. The molecule has 0 aliphatic carbocycles. The summed E-state index contributed by atoms with van der Waals surface area (Å²) in [6, 6.07) is 21.8. The van der Waals surface area contributed by atoms with Crippen LogP contribution in [0.4, 0.5) is 5.95 Å². The van der Waals surface area contributed by atoms with E-state index in [1.165, 1.54) is 0 Å². The number of nitrogens with zero attached hydrogens (tertiary/aromatic N) is 4. The summed E-state index contributed by atoms with van der Waals surface area (Å²) in [5, 5.41) is 6.85. The summed E-state index contributed by atoms with van der Waals surface area (Å²) in [4.78, 5) is 4.59. The molecule has 2 aromatic heterocycles. The van der Waals surface area contributed by atoms with Crippen molar-refractivity contribution in [2.45, 2.75) is 6.54 Å². The van der Waals surface area contributed by atoms with E-state index in [-0.39, 0.29) is 0 Å². The first kappa shape index (κ1) is 19.7. The molecule has 0 spiro atoms. The van der Waals surface area contributed by atoms with Gasteiger partial charge in [-0.1, -0.05) is 59.6 Å². The second-order valence-electron chi connectivity index (χ2n) is 7.32. The fourth-order valence-corrected chi connectivity index (χ4v) is 4.22. The first-order chi connectivity index (χ1) is 15.1. The van der Waals surface area contributed by atoms with Crippen molar-refractivity contribution in [3.05, 3.63) is 94.1 Å². The highest BCUT2D eigenvalue weighted by atomic mass is 35.5. The molecule has 0 bridgehead atoms. The zero-order valence-electron chi connectivity index (χ0n) is 16.8. The van der Waals surface area contributed by atoms with Crippen molar-refractivity contribution in [3.8, 4) is 0 Å². The fraction of sp³-hybridized carbons (Fsp3) is 0.0833. The quantitative estimate of drug-likeness (QED) is 0.252. The second kappa shape index (κ2) is 8.10. The Morgan fingerprint density at radius 3 is 2.58 bits per heavy atom. The van der Waals surface area contributed by atoms with Crippen molar-refractivity contribution in [2.75, 3.05) is 5.43 Å². The second-order valence-corrected chi connectivity index (χ2v) is 8.16. The van der Waals surface area contributed by atoms with Crippen LogP contribution in [0.3, 0.4) is 0 Å². The van der Waals surface area contributed by atoms with Crippen LogP contribution in [0.25, 0.3) is 21.9 Å². The Morgan fingerprint density at radius 2 is 1.77 bits per heavy atom. The SMILES string of the molecule is Cn1c(N/N=C\c2cn(Cc3ccc(Cl)cc3Cl)c3ccccc23)nc2ccccc21. The number of hydrazone groups is 1. The van der Waals surface area contributed by atoms with Gasteiger partial charge in [0.25, 0.3) is 0 Å². The lowest BCUT2D eigenvalue weighted by Gasteiger charge is -2.08. The lowest BCUT2D eigenvalue weighted by atomic mass is 10.2. The van der Waals surface area contributed by atoms with Gasteiger partial charge in [0.15, 0.2) is 0 Å². The van der Waals surface area contributed by atoms with Crippen LogP contribution in [0, 0.1) is 0 Å². The molecule has 0 saturated heterocycles. The number of rotatable bonds is 5. The van der Waals surface area contributed by atoms with Gasteiger partial charge in [-0.25, -0.2) is 10.4 Å². The van der Waals surface area contributed by atoms with Gasteiger partial charge < -0.3 is 9.13 Å². The Balaban J connectivity index is 1.45. The van der Waals surface area contributed by atoms with E-state index in [2.05, 4.69) is 38.4 Å². The molecule has 0 atom stereocenters. The number of para-hydroxylation sites is 3. The van der Waals surface area contributed by atoms with E-state index >= 15 is 0 Å². The largest absolute Gasteiger partial charge is 0.342 e. The Labute approximate surface area is 189 Å². The van der Waals surface area contributed by atoms with Gasteiger partial charge in [-0.2, -0.15) is 5.10 Å². The number of hydrogen-bond acceptors (Lipinski definition) is 3. The van der Waals surface area contributed by atoms with Gasteiger partial charge in [0.05, 0.1) is 17.2 Å². The molecule has 0 unspecified atom stereocenters. The first-order valence-corrected chi connectivity index (χ1v) is 10.6. The molecule has 0 saturated carbocycles. The Hall–Kier alpha value is -3.28. The predicted molar refractivity (Wildman–Crippen MR) is 129 cm³/mol. The maximum Gasteiger partial charge on any atom is 0.224 e. The Morgan fingerprint density at radius 1 is 1.00 bits per heavy atom. The minimum absolute atomic E-state index is 0.631. The van der Waals surface area contributed by atoms with Gasteiger partial charge in [-0.15, -0.1) is 0 Å². The molecular weight excluding hydrogens is 429 g/mol. The third-order valence-corrected chi connectivity index (χ3v) is 5.92. The van der Waals surface area contributed by atoms with Crippen LogP contribution in [-0.2, 0) is 13.6 Å². The summed E-state index contributed by atoms with van der Waals surface area (Å²) in [5.41, 5.74) is 8.17. The number of benzene rings is 3. The van der Waals surface area contributed by atoms with Crippen LogP contribution in [0.15, 0.2) is 78.0 Å². The van der Waals surface area contributed by atoms with Crippen molar-refractivity contribution < 1.29 is 0 Å². The summed E-state index contributed by atoms with van der Waals surface area (Å²) >= 11 is 12.4. The number of nitrogens with one attached hydrogen (secondary N) is 1. The molecule has 0 fully saturated rings. The number of aromatic nitrogens is 3. The highest BCUT2D eigenvalue weighted by Gasteiger charge is 2.10. The van der Waals surface area contributed by atoms with E-state index in [1.54, 1.807) is 6.07 Å². The molecule has 5 aromatic rings. The van der Waals surface area contributed by atoms with E-state index in [0.29, 0.717) is 22.5 Å². The molecule has 1 N–H and O–H groups in total. The summed E-state index contributed by atoms with van der Waals surface area (Å²) in [6.45, 7) is 0.641. The summed E-state index contributed by atoms with van der Waals surface area (Å²) in [5.74, 6) is 0.689. The van der Waals surface area contributed by atoms with Gasteiger partial charge in [-0.3, -0.25) is 0 Å². The van der Waals surface area contributed by atoms with Crippen molar-refractivity contribution >= 4 is 57.3 Å². The number of fused-ring (bicyclic) bond motifs is 2. The number of aryl methyl sites for hydroxylation is 1. The average Bonchev–Trinajstić information content (AvgIpc) is 3.28. The molecule has 0 aliphatic rings. The van der Waals surface area contributed by atoms with E-state index < -0.39 is 0 Å². The van der Waals surface area contributed by atoms with E-state index in [1.807, 2.05) is 66.4 Å². The van der Waals surface area contributed by atoms with Gasteiger partial charge in [0.2, 0.25) is 5.95 Å². The predicted octanol–water partition coefficient (Wildman–Crippen LogP) is 6.33. The molecule has 7 heteroatoms. The zero-order valence-corrected chi connectivity index (χ0v) is 18.3. The molecule has 3 aromatic carbocycles. The third-order valence-electron chi connectivity index (χ3n) is 5.33. The molecule has 0 radical (unpaired) electrons. The normalized spacial score (nSPS) is 11.7. The van der Waals surface area contributed by atoms with E-state index in [0.717, 1.165) is 33.1 Å². The number of imidazole rings is 1. The van der Waals surface area contributed by atoms with Crippen LogP contribution < -0.4 is 5.43 Å². The minimum atomic E-state index is 0.631. The molecule has 2 heterocycles. The number of hydrogen-bond donors (Lipinski definition) is 1. The highest BCUT2D eigenvalue weighted by molar-refractivity contribution is 6.35. The van der Waals surface area contributed by atoms with Crippen LogP contribution in [0.2, 0.25) is 10.0 Å². The van der Waals surface area contributed by atoms with E-state index in [9.17, 15) is 0 Å². The monoisotopic (exact) mass is 447 g/mol. The maximum atomic E-state index is 6.39. The molecule has 31 heavy (non-hydrogen) atoms. The average molecular weight is 448 g/mol. The number of halogens is 2. The van der Waals surface area contributed by atoms with Gasteiger partial charge in [-0.05, 0) is 35.9 Å². The molecule has 5 nitrogen and oxygen atoms in total. The summed E-state index contributed by atoms with van der Waals surface area (Å²) in [6.07, 6.45) is 3.90. The van der Waals surface area contributed by atoms with Crippen LogP contribution in [-0.4, -0.2) is 20.3 Å². The highest BCUT2D eigenvalue weighted by Crippen LogP contribution is 2.26. The topological polar surface area (TPSA) is 47.1 Å². The van der Waals surface area contributed by atoms with Gasteiger partial charge in [0.1, 0.15) is 0 Å². The standard InChI is InChI=1S/C24H19Cl2N5/c1-30-23-9-5-3-7-21(23)28-24(30)29-27-13-17-15-31(22-8-4-2-6-19(17)22)14-16-10-11-18(25)12-20(16)26/h2-13,15H,14H2,1H3,(H,28,29)/b27-13-. The van der Waals surface area contributed by atoms with Gasteiger partial charge >= 0.3 is 0 Å². The molecular formula is C24H19Cl2N5. The lowest BCUT2D eigenvalue weighted by Crippen LogP contribution is -1.99. The molecule has 154 valence electrons. The third kappa shape index (κ3) is 3.78. The van der Waals surface area contributed by atoms with E-state index in [4.69, 9.17) is 23.2 Å².